The summed E-state index contributed by atoms with van der Waals surface area (Å²) in [6, 6.07) is 9.91. The van der Waals surface area contributed by atoms with E-state index in [0.29, 0.717) is 0 Å². The molecule has 0 aliphatic carbocycles. The van der Waals surface area contributed by atoms with Gasteiger partial charge in [-0.25, -0.2) is 4.98 Å². The van der Waals surface area contributed by atoms with Gasteiger partial charge in [-0.15, -0.1) is 0 Å². The Morgan fingerprint density at radius 2 is 1.95 bits per heavy atom. The standard InChI is InChI=1S/C15H15N5/c1-20(2)15-8-11(5-7-17-15)13-9-14(19-18-13)12-4-3-6-16-10-12/h3-10H,1-2H3,(H,18,19). The monoisotopic (exact) mass is 265 g/mol. The van der Waals surface area contributed by atoms with Gasteiger partial charge in [0.05, 0.1) is 11.4 Å². The first-order chi connectivity index (χ1) is 9.74. The first-order valence-electron chi connectivity index (χ1n) is 6.33. The Labute approximate surface area is 117 Å². The molecule has 20 heavy (non-hydrogen) atoms. The van der Waals surface area contributed by atoms with E-state index < -0.39 is 0 Å². The summed E-state index contributed by atoms with van der Waals surface area (Å²) < 4.78 is 0. The number of hydrogen-bond donors (Lipinski definition) is 1. The van der Waals surface area contributed by atoms with E-state index >= 15 is 0 Å². The molecule has 0 spiro atoms. The molecule has 0 aliphatic heterocycles. The zero-order chi connectivity index (χ0) is 13.9. The van der Waals surface area contributed by atoms with Crippen molar-refractivity contribution in [2.45, 2.75) is 0 Å². The number of rotatable bonds is 3. The molecule has 0 bridgehead atoms. The predicted molar refractivity (Wildman–Crippen MR) is 79.4 cm³/mol. The Morgan fingerprint density at radius 1 is 1.05 bits per heavy atom. The van der Waals surface area contributed by atoms with Gasteiger partial charge in [-0.05, 0) is 30.3 Å². The Hall–Kier alpha value is -2.69. The summed E-state index contributed by atoms with van der Waals surface area (Å²) in [5, 5.41) is 7.40. The molecule has 0 saturated carbocycles. The second-order valence-corrected chi connectivity index (χ2v) is 4.71. The first-order valence-corrected chi connectivity index (χ1v) is 6.33. The van der Waals surface area contributed by atoms with Crippen molar-refractivity contribution in [1.82, 2.24) is 20.2 Å². The number of anilines is 1. The third-order valence-corrected chi connectivity index (χ3v) is 3.05. The van der Waals surface area contributed by atoms with E-state index in [1.807, 2.05) is 49.3 Å². The lowest BCUT2D eigenvalue weighted by Gasteiger charge is -2.11. The highest BCUT2D eigenvalue weighted by Gasteiger charge is 2.07. The van der Waals surface area contributed by atoms with Gasteiger partial charge in [0.1, 0.15) is 5.82 Å². The number of nitrogens with zero attached hydrogens (tertiary/aromatic N) is 4. The van der Waals surface area contributed by atoms with Crippen molar-refractivity contribution in [2.75, 3.05) is 19.0 Å². The van der Waals surface area contributed by atoms with Crippen molar-refractivity contribution in [1.29, 1.82) is 0 Å². The third-order valence-electron chi connectivity index (χ3n) is 3.05. The van der Waals surface area contributed by atoms with Crippen molar-refractivity contribution in [3.8, 4) is 22.5 Å². The van der Waals surface area contributed by atoms with Crippen LogP contribution in [0.25, 0.3) is 22.5 Å². The SMILES string of the molecule is CN(C)c1cc(-c2cc(-c3cccnc3)n[nH]2)ccn1. The van der Waals surface area contributed by atoms with Crippen LogP contribution >= 0.6 is 0 Å². The molecular formula is C15H15N5. The number of H-pyrrole nitrogens is 1. The molecule has 3 rings (SSSR count). The highest BCUT2D eigenvalue weighted by atomic mass is 15.1. The second-order valence-electron chi connectivity index (χ2n) is 4.71. The normalized spacial score (nSPS) is 10.5. The smallest absolute Gasteiger partial charge is 0.128 e. The first kappa shape index (κ1) is 12.3. The predicted octanol–water partition coefficient (Wildman–Crippen LogP) is 2.60. The van der Waals surface area contributed by atoms with Gasteiger partial charge in [-0.3, -0.25) is 10.1 Å². The van der Waals surface area contributed by atoms with Crippen LogP contribution in [0.2, 0.25) is 0 Å². The fraction of sp³-hybridized carbons (Fsp3) is 0.133. The van der Waals surface area contributed by atoms with Gasteiger partial charge in [0.15, 0.2) is 0 Å². The summed E-state index contributed by atoms with van der Waals surface area (Å²) in [4.78, 5) is 10.4. The van der Waals surface area contributed by atoms with E-state index in [2.05, 4.69) is 20.2 Å². The van der Waals surface area contributed by atoms with Gasteiger partial charge in [-0.1, -0.05) is 0 Å². The van der Waals surface area contributed by atoms with Crippen molar-refractivity contribution in [3.05, 3.63) is 48.9 Å². The van der Waals surface area contributed by atoms with Gasteiger partial charge >= 0.3 is 0 Å². The van der Waals surface area contributed by atoms with Crippen LogP contribution in [0.4, 0.5) is 5.82 Å². The summed E-state index contributed by atoms with van der Waals surface area (Å²) in [6.07, 6.45) is 5.36. The van der Waals surface area contributed by atoms with Gasteiger partial charge in [0, 0.05) is 43.8 Å². The Morgan fingerprint density at radius 3 is 2.70 bits per heavy atom. The molecule has 0 aromatic carbocycles. The van der Waals surface area contributed by atoms with E-state index in [4.69, 9.17) is 0 Å². The third kappa shape index (κ3) is 2.38. The quantitative estimate of drug-likeness (QED) is 0.790. The molecule has 3 aromatic heterocycles. The molecule has 3 aromatic rings. The van der Waals surface area contributed by atoms with Crippen molar-refractivity contribution >= 4 is 5.82 Å². The van der Waals surface area contributed by atoms with Gasteiger partial charge in [-0.2, -0.15) is 5.10 Å². The fourth-order valence-corrected chi connectivity index (χ4v) is 1.96. The molecule has 0 saturated heterocycles. The maximum atomic E-state index is 4.34. The van der Waals surface area contributed by atoms with Crippen LogP contribution in [0.1, 0.15) is 0 Å². The Kier molecular flexibility index (Phi) is 3.16. The van der Waals surface area contributed by atoms with Crippen molar-refractivity contribution in [3.63, 3.8) is 0 Å². The van der Waals surface area contributed by atoms with E-state index in [1.54, 1.807) is 18.6 Å². The lowest BCUT2D eigenvalue weighted by Crippen LogP contribution is -2.10. The summed E-state index contributed by atoms with van der Waals surface area (Å²) in [5.41, 5.74) is 3.91. The molecule has 3 heterocycles. The number of nitrogens with one attached hydrogen (secondary N) is 1. The molecule has 1 N–H and O–H groups in total. The highest BCUT2D eigenvalue weighted by molar-refractivity contribution is 5.69. The highest BCUT2D eigenvalue weighted by Crippen LogP contribution is 2.24. The number of aromatic amines is 1. The minimum Gasteiger partial charge on any atom is -0.363 e. The molecule has 0 aliphatic rings. The number of aromatic nitrogens is 4. The van der Waals surface area contributed by atoms with E-state index in [-0.39, 0.29) is 0 Å². The average molecular weight is 265 g/mol. The van der Waals surface area contributed by atoms with Crippen LogP contribution in [0.5, 0.6) is 0 Å². The molecule has 0 fully saturated rings. The molecule has 100 valence electrons. The maximum Gasteiger partial charge on any atom is 0.128 e. The van der Waals surface area contributed by atoms with Crippen LogP contribution in [0.3, 0.4) is 0 Å². The van der Waals surface area contributed by atoms with Crippen LogP contribution in [0.15, 0.2) is 48.9 Å². The lowest BCUT2D eigenvalue weighted by atomic mass is 10.1. The van der Waals surface area contributed by atoms with E-state index in [9.17, 15) is 0 Å². The molecule has 5 nitrogen and oxygen atoms in total. The molecule has 0 atom stereocenters. The van der Waals surface area contributed by atoms with Crippen LogP contribution < -0.4 is 4.90 Å². The maximum absolute atomic E-state index is 4.34. The van der Waals surface area contributed by atoms with Crippen LogP contribution in [0, 0.1) is 0 Å². The molecule has 0 amide bonds. The fourth-order valence-electron chi connectivity index (χ4n) is 1.96. The van der Waals surface area contributed by atoms with Crippen molar-refractivity contribution in [2.24, 2.45) is 0 Å². The summed E-state index contributed by atoms with van der Waals surface area (Å²) >= 11 is 0. The van der Waals surface area contributed by atoms with E-state index in [0.717, 1.165) is 28.3 Å². The minimum atomic E-state index is 0.885. The largest absolute Gasteiger partial charge is 0.363 e. The van der Waals surface area contributed by atoms with E-state index in [1.165, 1.54) is 0 Å². The molecule has 0 unspecified atom stereocenters. The second kappa shape index (κ2) is 5.13. The van der Waals surface area contributed by atoms with Crippen molar-refractivity contribution < 1.29 is 0 Å². The topological polar surface area (TPSA) is 57.7 Å². The molecule has 5 heteroatoms. The van der Waals surface area contributed by atoms with Crippen LogP contribution in [-0.2, 0) is 0 Å². The number of pyridine rings is 2. The average Bonchev–Trinajstić information content (AvgIpc) is 2.98. The minimum absolute atomic E-state index is 0.885. The number of hydrogen-bond acceptors (Lipinski definition) is 4. The molecular weight excluding hydrogens is 250 g/mol. The molecule has 0 radical (unpaired) electrons. The lowest BCUT2D eigenvalue weighted by molar-refractivity contribution is 1.06. The zero-order valence-electron chi connectivity index (χ0n) is 11.4. The summed E-state index contributed by atoms with van der Waals surface area (Å²) in [5.74, 6) is 0.917. The summed E-state index contributed by atoms with van der Waals surface area (Å²) in [7, 11) is 3.94. The van der Waals surface area contributed by atoms with Crippen LogP contribution in [-0.4, -0.2) is 34.3 Å². The van der Waals surface area contributed by atoms with Gasteiger partial charge in [0.25, 0.3) is 0 Å². The van der Waals surface area contributed by atoms with Gasteiger partial charge in [0.2, 0.25) is 0 Å². The Balaban J connectivity index is 1.96. The van der Waals surface area contributed by atoms with Gasteiger partial charge < -0.3 is 4.90 Å². The summed E-state index contributed by atoms with van der Waals surface area (Å²) in [6.45, 7) is 0. The Bertz CT molecular complexity index is 703. The zero-order valence-corrected chi connectivity index (χ0v) is 11.4.